The lowest BCUT2D eigenvalue weighted by molar-refractivity contribution is 0.336. The van der Waals surface area contributed by atoms with Crippen LogP contribution in [0.25, 0.3) is 11.0 Å². The Morgan fingerprint density at radius 1 is 1.35 bits per heavy atom. The molecule has 1 aliphatic carbocycles. The van der Waals surface area contributed by atoms with E-state index in [0.717, 1.165) is 22.8 Å². The molecule has 0 saturated heterocycles. The Balaban J connectivity index is 1.97. The summed E-state index contributed by atoms with van der Waals surface area (Å²) in [6.07, 6.45) is 6.92. The number of aromatic nitrogens is 4. The summed E-state index contributed by atoms with van der Waals surface area (Å²) in [5, 5.41) is 11.0. The highest BCUT2D eigenvalue weighted by atomic mass is 15.3. The van der Waals surface area contributed by atoms with Crippen LogP contribution in [-0.2, 0) is 0 Å². The summed E-state index contributed by atoms with van der Waals surface area (Å²) >= 11 is 0. The van der Waals surface area contributed by atoms with Crippen LogP contribution in [0.2, 0.25) is 0 Å². The zero-order valence-corrected chi connectivity index (χ0v) is 12.3. The molecule has 6 heteroatoms. The number of rotatable bonds is 3. The number of fused-ring (bicyclic) bond motifs is 1. The summed E-state index contributed by atoms with van der Waals surface area (Å²) in [6.45, 7) is 2.34. The third-order valence-electron chi connectivity index (χ3n) is 4.30. The second kappa shape index (κ2) is 5.26. The molecule has 1 saturated carbocycles. The van der Waals surface area contributed by atoms with Gasteiger partial charge in [0.25, 0.3) is 0 Å². The second-order valence-corrected chi connectivity index (χ2v) is 5.79. The molecule has 0 aromatic carbocycles. The first kappa shape index (κ1) is 13.1. The van der Waals surface area contributed by atoms with Crippen LogP contribution < -0.4 is 10.2 Å². The topological polar surface area (TPSA) is 69.7 Å². The Hall–Kier alpha value is -1.85. The second-order valence-electron chi connectivity index (χ2n) is 5.79. The molecular weight excluding hydrogens is 252 g/mol. The highest BCUT2D eigenvalue weighted by Crippen LogP contribution is 2.31. The van der Waals surface area contributed by atoms with E-state index in [1.807, 2.05) is 13.2 Å². The Kier molecular flexibility index (Phi) is 3.46. The number of aromatic amines is 1. The molecule has 6 nitrogen and oxygen atoms in total. The quantitative estimate of drug-likeness (QED) is 0.899. The molecule has 2 unspecified atom stereocenters. The average molecular weight is 274 g/mol. The molecular formula is C14H22N6. The third kappa shape index (κ3) is 2.30. The molecule has 0 aliphatic heterocycles. The first-order valence-corrected chi connectivity index (χ1v) is 7.30. The lowest BCUT2D eigenvalue weighted by atomic mass is 9.86. The van der Waals surface area contributed by atoms with Crippen LogP contribution in [0.5, 0.6) is 0 Å². The summed E-state index contributed by atoms with van der Waals surface area (Å²) in [4.78, 5) is 11.3. The van der Waals surface area contributed by atoms with E-state index in [2.05, 4.69) is 44.4 Å². The maximum atomic E-state index is 4.64. The zero-order chi connectivity index (χ0) is 14.1. The van der Waals surface area contributed by atoms with Gasteiger partial charge in [0, 0.05) is 20.1 Å². The van der Waals surface area contributed by atoms with Gasteiger partial charge in [-0.1, -0.05) is 19.8 Å². The van der Waals surface area contributed by atoms with Crippen LogP contribution >= 0.6 is 0 Å². The molecule has 20 heavy (non-hydrogen) atoms. The first-order chi connectivity index (χ1) is 9.69. The summed E-state index contributed by atoms with van der Waals surface area (Å²) in [5.74, 6) is 2.39. The standard InChI is InChI=1S/C14H22N6/c1-9-5-4-6-10(7-9)20(3)13-11-8-16-19-12(11)17-14(15-2)18-13/h8-10H,4-7H2,1-3H3,(H2,15,16,17,18,19). The Morgan fingerprint density at radius 2 is 2.20 bits per heavy atom. The number of hydrogen-bond donors (Lipinski definition) is 2. The molecule has 1 aliphatic rings. The minimum absolute atomic E-state index is 0.552. The van der Waals surface area contributed by atoms with Crippen LogP contribution in [0.1, 0.15) is 32.6 Å². The summed E-state index contributed by atoms with van der Waals surface area (Å²) < 4.78 is 0. The van der Waals surface area contributed by atoms with Crippen LogP contribution in [0.15, 0.2) is 6.20 Å². The number of anilines is 2. The molecule has 0 spiro atoms. The van der Waals surface area contributed by atoms with Crippen molar-refractivity contribution in [2.24, 2.45) is 5.92 Å². The molecule has 1 fully saturated rings. The van der Waals surface area contributed by atoms with Gasteiger partial charge in [0.2, 0.25) is 5.95 Å². The fourth-order valence-corrected chi connectivity index (χ4v) is 3.13. The first-order valence-electron chi connectivity index (χ1n) is 7.30. The molecule has 2 aromatic heterocycles. The van der Waals surface area contributed by atoms with E-state index in [4.69, 9.17) is 0 Å². The Labute approximate surface area is 119 Å². The van der Waals surface area contributed by atoms with Crippen molar-refractivity contribution >= 4 is 22.8 Å². The van der Waals surface area contributed by atoms with Crippen LogP contribution in [0.4, 0.5) is 11.8 Å². The molecule has 0 radical (unpaired) electrons. The van der Waals surface area contributed by atoms with Crippen LogP contribution in [0, 0.1) is 5.92 Å². The molecule has 2 atom stereocenters. The van der Waals surface area contributed by atoms with Crippen molar-refractivity contribution in [3.05, 3.63) is 6.20 Å². The largest absolute Gasteiger partial charge is 0.357 e. The minimum atomic E-state index is 0.552. The van der Waals surface area contributed by atoms with Gasteiger partial charge in [-0.05, 0) is 18.8 Å². The lowest BCUT2D eigenvalue weighted by Crippen LogP contribution is -2.36. The number of nitrogens with one attached hydrogen (secondary N) is 2. The van der Waals surface area contributed by atoms with Crippen molar-refractivity contribution in [3.8, 4) is 0 Å². The summed E-state index contributed by atoms with van der Waals surface area (Å²) in [5.41, 5.74) is 0.787. The van der Waals surface area contributed by atoms with Gasteiger partial charge in [0.15, 0.2) is 5.65 Å². The SMILES string of the molecule is CNc1nc(N(C)C2CCCC(C)C2)c2cn[nH]c2n1. The van der Waals surface area contributed by atoms with Gasteiger partial charge in [-0.25, -0.2) is 0 Å². The van der Waals surface area contributed by atoms with Crippen molar-refractivity contribution in [1.29, 1.82) is 0 Å². The van der Waals surface area contributed by atoms with Crippen molar-refractivity contribution < 1.29 is 0 Å². The van der Waals surface area contributed by atoms with Gasteiger partial charge in [-0.15, -0.1) is 0 Å². The fourth-order valence-electron chi connectivity index (χ4n) is 3.13. The predicted octanol–water partition coefficient (Wildman–Crippen LogP) is 2.41. The molecule has 3 rings (SSSR count). The predicted molar refractivity (Wildman–Crippen MR) is 81.1 cm³/mol. The van der Waals surface area contributed by atoms with Crippen LogP contribution in [0.3, 0.4) is 0 Å². The monoisotopic (exact) mass is 274 g/mol. The molecule has 0 bridgehead atoms. The third-order valence-corrected chi connectivity index (χ3v) is 4.30. The molecule has 2 N–H and O–H groups in total. The molecule has 2 heterocycles. The van der Waals surface area contributed by atoms with Crippen molar-refractivity contribution in [2.75, 3.05) is 24.3 Å². The van der Waals surface area contributed by atoms with E-state index in [9.17, 15) is 0 Å². The Morgan fingerprint density at radius 3 is 2.95 bits per heavy atom. The van der Waals surface area contributed by atoms with Crippen LogP contribution in [-0.4, -0.2) is 40.3 Å². The number of nitrogens with zero attached hydrogens (tertiary/aromatic N) is 4. The number of hydrogen-bond acceptors (Lipinski definition) is 5. The van der Waals surface area contributed by atoms with Gasteiger partial charge in [0.1, 0.15) is 5.82 Å². The maximum Gasteiger partial charge on any atom is 0.226 e. The smallest absolute Gasteiger partial charge is 0.226 e. The van der Waals surface area contributed by atoms with Crippen molar-refractivity contribution in [3.63, 3.8) is 0 Å². The fraction of sp³-hybridized carbons (Fsp3) is 0.643. The van der Waals surface area contributed by atoms with Gasteiger partial charge in [-0.3, -0.25) is 5.10 Å². The van der Waals surface area contributed by atoms with E-state index < -0.39 is 0 Å². The van der Waals surface area contributed by atoms with Gasteiger partial charge in [0.05, 0.1) is 11.6 Å². The normalized spacial score (nSPS) is 22.9. The number of H-pyrrole nitrogens is 1. The van der Waals surface area contributed by atoms with Crippen molar-refractivity contribution in [2.45, 2.75) is 38.6 Å². The lowest BCUT2D eigenvalue weighted by Gasteiger charge is -2.35. The van der Waals surface area contributed by atoms with E-state index >= 15 is 0 Å². The summed E-state index contributed by atoms with van der Waals surface area (Å²) in [7, 11) is 3.97. The van der Waals surface area contributed by atoms with E-state index in [1.54, 1.807) is 0 Å². The van der Waals surface area contributed by atoms with Gasteiger partial charge < -0.3 is 10.2 Å². The van der Waals surface area contributed by atoms with Gasteiger partial charge in [-0.2, -0.15) is 15.1 Å². The Bertz CT molecular complexity index is 592. The average Bonchev–Trinajstić information content (AvgIpc) is 2.93. The van der Waals surface area contributed by atoms with Crippen molar-refractivity contribution in [1.82, 2.24) is 20.2 Å². The maximum absolute atomic E-state index is 4.64. The van der Waals surface area contributed by atoms with Gasteiger partial charge >= 0.3 is 0 Å². The van der Waals surface area contributed by atoms with E-state index in [-0.39, 0.29) is 0 Å². The minimum Gasteiger partial charge on any atom is -0.357 e. The zero-order valence-electron chi connectivity index (χ0n) is 12.3. The molecule has 108 valence electrons. The highest BCUT2D eigenvalue weighted by molar-refractivity contribution is 5.87. The highest BCUT2D eigenvalue weighted by Gasteiger charge is 2.25. The molecule has 2 aromatic rings. The van der Waals surface area contributed by atoms with E-state index in [1.165, 1.54) is 25.7 Å². The molecule has 0 amide bonds. The van der Waals surface area contributed by atoms with E-state index in [0.29, 0.717) is 12.0 Å². The summed E-state index contributed by atoms with van der Waals surface area (Å²) in [6, 6.07) is 0.552.